The Morgan fingerprint density at radius 3 is 2.60 bits per heavy atom. The van der Waals surface area contributed by atoms with Crippen molar-refractivity contribution in [3.63, 3.8) is 0 Å². The molecule has 60 valence electrons. The van der Waals surface area contributed by atoms with Crippen molar-refractivity contribution in [3.05, 3.63) is 0 Å². The van der Waals surface area contributed by atoms with Gasteiger partial charge in [0, 0.05) is 13.1 Å². The van der Waals surface area contributed by atoms with Gasteiger partial charge in [-0.3, -0.25) is 0 Å². The molecule has 10 heavy (non-hydrogen) atoms. The molecule has 0 aromatic rings. The maximum Gasteiger partial charge on any atom is 0.237 e. The lowest BCUT2D eigenvalue weighted by molar-refractivity contribution is 0.0785. The summed E-state index contributed by atoms with van der Waals surface area (Å²) in [5.74, 6) is 0. The molecule has 1 fully saturated rings. The molecule has 1 heterocycles. The van der Waals surface area contributed by atoms with Gasteiger partial charge in [-0.15, -0.1) is 0 Å². The fraction of sp³-hybridized carbons (Fsp3) is 1.00. The molecule has 0 bridgehead atoms. The molecule has 0 aromatic heterocycles. The van der Waals surface area contributed by atoms with Crippen molar-refractivity contribution >= 4 is 10.0 Å². The lowest BCUT2D eigenvalue weighted by Gasteiger charge is -2.21. The third-order valence-electron chi connectivity index (χ3n) is 1.26. The highest BCUT2D eigenvalue weighted by Crippen LogP contribution is 1.99. The number of ether oxygens (including phenoxy) is 1. The summed E-state index contributed by atoms with van der Waals surface area (Å²) in [6, 6.07) is 0. The largest absolute Gasteiger partial charge is 0.358 e. The normalized spacial score (nSPS) is 28.3. The minimum atomic E-state index is -3.51. The molecular weight excluding hydrogens is 156 g/mol. The predicted octanol–water partition coefficient (Wildman–Crippen LogP) is -1.78. The zero-order chi connectivity index (χ0) is 7.61. The van der Waals surface area contributed by atoms with Crippen molar-refractivity contribution in [2.45, 2.75) is 5.44 Å². The van der Waals surface area contributed by atoms with Crippen molar-refractivity contribution in [2.75, 3.05) is 19.7 Å². The average Bonchev–Trinajstić information content (AvgIpc) is 1.88. The van der Waals surface area contributed by atoms with Gasteiger partial charge in [-0.1, -0.05) is 0 Å². The van der Waals surface area contributed by atoms with E-state index in [-0.39, 0.29) is 0 Å². The van der Waals surface area contributed by atoms with Gasteiger partial charge >= 0.3 is 0 Å². The fourth-order valence-corrected chi connectivity index (χ4v) is 1.39. The predicted molar refractivity (Wildman–Crippen MR) is 35.7 cm³/mol. The summed E-state index contributed by atoms with van der Waals surface area (Å²) in [4.78, 5) is 0. The lowest BCUT2D eigenvalue weighted by atomic mass is 10.5. The van der Waals surface area contributed by atoms with Gasteiger partial charge in [-0.2, -0.15) is 0 Å². The van der Waals surface area contributed by atoms with Crippen LogP contribution in [-0.2, 0) is 14.8 Å². The summed E-state index contributed by atoms with van der Waals surface area (Å²) in [6.45, 7) is 1.38. The van der Waals surface area contributed by atoms with E-state index in [0.717, 1.165) is 0 Å². The van der Waals surface area contributed by atoms with Crippen LogP contribution < -0.4 is 10.5 Å². The SMILES string of the molecule is NS(=O)(=O)C1CNCCO1. The molecule has 0 spiro atoms. The molecule has 5 nitrogen and oxygen atoms in total. The number of rotatable bonds is 1. The van der Waals surface area contributed by atoms with Crippen molar-refractivity contribution in [3.8, 4) is 0 Å². The number of morpholine rings is 1. The van der Waals surface area contributed by atoms with Crippen LogP contribution in [0.4, 0.5) is 0 Å². The first-order valence-corrected chi connectivity index (χ1v) is 4.55. The summed E-state index contributed by atoms with van der Waals surface area (Å²) in [5, 5.41) is 7.67. The summed E-state index contributed by atoms with van der Waals surface area (Å²) in [6.07, 6.45) is 0. The molecule has 0 saturated carbocycles. The molecule has 1 aliphatic rings. The second-order valence-electron chi connectivity index (χ2n) is 2.09. The maximum absolute atomic E-state index is 10.6. The fourth-order valence-electron chi connectivity index (χ4n) is 0.752. The second-order valence-corrected chi connectivity index (χ2v) is 3.80. The maximum atomic E-state index is 10.6. The van der Waals surface area contributed by atoms with Gasteiger partial charge in [0.25, 0.3) is 0 Å². The van der Waals surface area contributed by atoms with Crippen molar-refractivity contribution < 1.29 is 13.2 Å². The van der Waals surface area contributed by atoms with E-state index in [0.29, 0.717) is 19.7 Å². The summed E-state index contributed by atoms with van der Waals surface area (Å²) >= 11 is 0. The molecule has 3 N–H and O–H groups in total. The Morgan fingerprint density at radius 1 is 1.60 bits per heavy atom. The van der Waals surface area contributed by atoms with E-state index in [2.05, 4.69) is 5.32 Å². The van der Waals surface area contributed by atoms with Gasteiger partial charge < -0.3 is 10.1 Å². The number of nitrogens with two attached hydrogens (primary N) is 1. The Labute approximate surface area is 59.6 Å². The number of primary sulfonamides is 1. The van der Waals surface area contributed by atoms with E-state index in [1.807, 2.05) is 0 Å². The molecule has 0 aromatic carbocycles. The van der Waals surface area contributed by atoms with Crippen LogP contribution in [0.5, 0.6) is 0 Å². The third kappa shape index (κ3) is 1.91. The first kappa shape index (κ1) is 7.93. The highest BCUT2D eigenvalue weighted by atomic mass is 32.2. The van der Waals surface area contributed by atoms with Gasteiger partial charge in [0.15, 0.2) is 5.44 Å². The smallest absolute Gasteiger partial charge is 0.237 e. The van der Waals surface area contributed by atoms with E-state index < -0.39 is 15.5 Å². The van der Waals surface area contributed by atoms with Crippen LogP contribution in [0.2, 0.25) is 0 Å². The van der Waals surface area contributed by atoms with Gasteiger partial charge in [-0.05, 0) is 0 Å². The number of hydrogen-bond donors (Lipinski definition) is 2. The zero-order valence-electron chi connectivity index (χ0n) is 5.41. The Kier molecular flexibility index (Phi) is 2.24. The standard InChI is InChI=1S/C4H10N2O3S/c5-10(7,8)4-3-6-1-2-9-4/h4,6H,1-3H2,(H2,5,7,8). The highest BCUT2D eigenvalue weighted by Gasteiger charge is 2.23. The van der Waals surface area contributed by atoms with Crippen LogP contribution in [0.3, 0.4) is 0 Å². The minimum Gasteiger partial charge on any atom is -0.358 e. The molecule has 0 aliphatic carbocycles. The highest BCUT2D eigenvalue weighted by molar-refractivity contribution is 7.89. The first-order chi connectivity index (χ1) is 4.61. The van der Waals surface area contributed by atoms with Gasteiger partial charge in [0.2, 0.25) is 10.0 Å². The van der Waals surface area contributed by atoms with Crippen LogP contribution in [-0.4, -0.2) is 33.6 Å². The summed E-state index contributed by atoms with van der Waals surface area (Å²) in [5.41, 5.74) is -0.860. The van der Waals surface area contributed by atoms with E-state index in [4.69, 9.17) is 9.88 Å². The van der Waals surface area contributed by atoms with Crippen molar-refractivity contribution in [1.82, 2.24) is 5.32 Å². The second kappa shape index (κ2) is 2.83. The molecule has 1 unspecified atom stereocenters. The molecule has 0 amide bonds. The van der Waals surface area contributed by atoms with Gasteiger partial charge in [-0.25, -0.2) is 13.6 Å². The number of hydrogen-bond acceptors (Lipinski definition) is 4. The minimum absolute atomic E-state index is 0.291. The van der Waals surface area contributed by atoms with Gasteiger partial charge in [0.05, 0.1) is 6.61 Å². The molecule has 1 rings (SSSR count). The summed E-state index contributed by atoms with van der Waals surface area (Å²) in [7, 11) is -3.51. The Hall–Kier alpha value is -0.170. The van der Waals surface area contributed by atoms with Crippen LogP contribution in [0, 0.1) is 0 Å². The number of sulfonamides is 1. The van der Waals surface area contributed by atoms with Crippen molar-refractivity contribution in [2.24, 2.45) is 5.14 Å². The van der Waals surface area contributed by atoms with E-state index in [1.54, 1.807) is 0 Å². The lowest BCUT2D eigenvalue weighted by Crippen LogP contribution is -2.45. The monoisotopic (exact) mass is 166 g/mol. The first-order valence-electron chi connectivity index (χ1n) is 2.94. The third-order valence-corrected chi connectivity index (χ3v) is 2.30. The van der Waals surface area contributed by atoms with E-state index in [9.17, 15) is 8.42 Å². The average molecular weight is 166 g/mol. The topological polar surface area (TPSA) is 81.4 Å². The Bertz CT molecular complexity index is 195. The molecule has 1 atom stereocenters. The van der Waals surface area contributed by atoms with Crippen LogP contribution >= 0.6 is 0 Å². The summed E-state index contributed by atoms with van der Waals surface area (Å²) < 4.78 is 26.1. The van der Waals surface area contributed by atoms with E-state index >= 15 is 0 Å². The molecule has 1 aliphatic heterocycles. The Balaban J connectivity index is 2.56. The van der Waals surface area contributed by atoms with Crippen LogP contribution in [0.1, 0.15) is 0 Å². The van der Waals surface area contributed by atoms with Crippen LogP contribution in [0.25, 0.3) is 0 Å². The number of nitrogens with one attached hydrogen (secondary N) is 1. The van der Waals surface area contributed by atoms with Crippen LogP contribution in [0.15, 0.2) is 0 Å². The molecule has 6 heteroatoms. The molecule has 1 saturated heterocycles. The quantitative estimate of drug-likeness (QED) is 0.482. The molecular formula is C4H10N2O3S. The van der Waals surface area contributed by atoms with Crippen molar-refractivity contribution in [1.29, 1.82) is 0 Å². The van der Waals surface area contributed by atoms with E-state index in [1.165, 1.54) is 0 Å². The van der Waals surface area contributed by atoms with Gasteiger partial charge in [0.1, 0.15) is 0 Å². The Morgan fingerprint density at radius 2 is 2.30 bits per heavy atom. The molecule has 0 radical (unpaired) electrons. The zero-order valence-corrected chi connectivity index (χ0v) is 6.23.